The Bertz CT molecular complexity index is 735. The van der Waals surface area contributed by atoms with Crippen LogP contribution in [0.3, 0.4) is 0 Å². The minimum absolute atomic E-state index is 0.387. The molecule has 19 heavy (non-hydrogen) atoms. The maximum absolute atomic E-state index is 6.00. The molecule has 3 aromatic rings. The normalized spacial score (nSPS) is 11.3. The topological polar surface area (TPSA) is 30.7 Å². The standard InChI is InChI=1S/C13H11BrClN3S/c1-8-4-10-13(16-6-8)18(12(5-15)17-10)7-11-9(14)2-3-19-11/h2-4,6H,5,7H2,1H3. The van der Waals surface area contributed by atoms with Crippen LogP contribution in [0.4, 0.5) is 0 Å². The van der Waals surface area contributed by atoms with Crippen LogP contribution in [0.15, 0.2) is 28.2 Å². The lowest BCUT2D eigenvalue weighted by Crippen LogP contribution is -2.03. The van der Waals surface area contributed by atoms with E-state index < -0.39 is 0 Å². The SMILES string of the molecule is Cc1cnc2c(c1)nc(CCl)n2Cc1sccc1Br. The molecule has 0 N–H and O–H groups in total. The summed E-state index contributed by atoms with van der Waals surface area (Å²) in [6.45, 7) is 2.76. The highest BCUT2D eigenvalue weighted by Crippen LogP contribution is 2.26. The molecule has 0 saturated heterocycles. The number of aryl methyl sites for hydroxylation is 1. The van der Waals surface area contributed by atoms with Crippen LogP contribution in [-0.2, 0) is 12.4 Å². The van der Waals surface area contributed by atoms with Gasteiger partial charge in [-0.05, 0) is 45.9 Å². The molecule has 0 aliphatic rings. The van der Waals surface area contributed by atoms with Crippen molar-refractivity contribution in [3.8, 4) is 0 Å². The fourth-order valence-electron chi connectivity index (χ4n) is 2.01. The zero-order valence-electron chi connectivity index (χ0n) is 10.2. The molecule has 0 spiro atoms. The molecule has 0 amide bonds. The van der Waals surface area contributed by atoms with Gasteiger partial charge in [0.15, 0.2) is 5.65 Å². The molecule has 3 nitrogen and oxygen atoms in total. The zero-order valence-corrected chi connectivity index (χ0v) is 13.4. The second-order valence-electron chi connectivity index (χ2n) is 4.29. The highest BCUT2D eigenvalue weighted by molar-refractivity contribution is 9.10. The zero-order chi connectivity index (χ0) is 13.4. The van der Waals surface area contributed by atoms with Gasteiger partial charge in [0.25, 0.3) is 0 Å². The summed E-state index contributed by atoms with van der Waals surface area (Å²) in [5.74, 6) is 1.24. The van der Waals surface area contributed by atoms with Gasteiger partial charge in [0, 0.05) is 15.5 Å². The van der Waals surface area contributed by atoms with Gasteiger partial charge in [0.1, 0.15) is 11.3 Å². The van der Waals surface area contributed by atoms with Crippen LogP contribution >= 0.6 is 38.9 Å². The number of nitrogens with zero attached hydrogens (tertiary/aromatic N) is 3. The molecular formula is C13H11BrClN3S. The van der Waals surface area contributed by atoms with Gasteiger partial charge >= 0.3 is 0 Å². The Morgan fingerprint density at radius 2 is 2.32 bits per heavy atom. The first kappa shape index (κ1) is 13.1. The Balaban J connectivity index is 2.13. The minimum Gasteiger partial charge on any atom is -0.306 e. The Labute approximate surface area is 128 Å². The highest BCUT2D eigenvalue weighted by Gasteiger charge is 2.13. The van der Waals surface area contributed by atoms with Crippen molar-refractivity contribution in [2.45, 2.75) is 19.3 Å². The van der Waals surface area contributed by atoms with Crippen molar-refractivity contribution in [2.75, 3.05) is 0 Å². The molecule has 0 aliphatic carbocycles. The molecule has 98 valence electrons. The minimum atomic E-state index is 0.387. The lowest BCUT2D eigenvalue weighted by Gasteiger charge is -2.06. The number of fused-ring (bicyclic) bond motifs is 1. The average Bonchev–Trinajstić information content (AvgIpc) is 2.94. The number of hydrogen-bond acceptors (Lipinski definition) is 3. The van der Waals surface area contributed by atoms with Crippen LogP contribution in [0, 0.1) is 6.92 Å². The molecule has 0 aromatic carbocycles. The van der Waals surface area contributed by atoms with Crippen LogP contribution in [-0.4, -0.2) is 14.5 Å². The van der Waals surface area contributed by atoms with E-state index in [2.05, 4.69) is 41.9 Å². The fraction of sp³-hybridized carbons (Fsp3) is 0.231. The van der Waals surface area contributed by atoms with Gasteiger partial charge in [-0.15, -0.1) is 22.9 Å². The number of pyridine rings is 1. The molecule has 0 bridgehead atoms. The Morgan fingerprint density at radius 3 is 3.00 bits per heavy atom. The predicted molar refractivity (Wildman–Crippen MR) is 82.9 cm³/mol. The van der Waals surface area contributed by atoms with Crippen LogP contribution < -0.4 is 0 Å². The molecule has 3 heterocycles. The van der Waals surface area contributed by atoms with Crippen molar-refractivity contribution in [3.63, 3.8) is 0 Å². The van der Waals surface area contributed by atoms with Gasteiger partial charge in [-0.3, -0.25) is 0 Å². The first-order valence-corrected chi connectivity index (χ1v) is 7.99. The molecule has 0 fully saturated rings. The maximum Gasteiger partial charge on any atom is 0.160 e. The largest absolute Gasteiger partial charge is 0.306 e. The van der Waals surface area contributed by atoms with Gasteiger partial charge < -0.3 is 4.57 Å². The monoisotopic (exact) mass is 355 g/mol. The number of rotatable bonds is 3. The van der Waals surface area contributed by atoms with Gasteiger partial charge in [-0.1, -0.05) is 0 Å². The highest BCUT2D eigenvalue weighted by atomic mass is 79.9. The first-order chi connectivity index (χ1) is 9.19. The summed E-state index contributed by atoms with van der Waals surface area (Å²) in [6, 6.07) is 4.09. The summed E-state index contributed by atoms with van der Waals surface area (Å²) in [4.78, 5) is 10.3. The molecule has 0 aliphatic heterocycles. The van der Waals surface area contributed by atoms with E-state index in [1.807, 2.05) is 19.2 Å². The molecule has 3 aromatic heterocycles. The van der Waals surface area contributed by atoms with Crippen LogP contribution in [0.2, 0.25) is 0 Å². The quantitative estimate of drug-likeness (QED) is 0.653. The third-order valence-electron chi connectivity index (χ3n) is 2.91. The fourth-order valence-corrected chi connectivity index (χ4v) is 3.68. The van der Waals surface area contributed by atoms with Gasteiger partial charge in [-0.2, -0.15) is 0 Å². The van der Waals surface area contributed by atoms with Crippen molar-refractivity contribution >= 4 is 50.0 Å². The van der Waals surface area contributed by atoms with Crippen molar-refractivity contribution in [1.82, 2.24) is 14.5 Å². The van der Waals surface area contributed by atoms with E-state index in [4.69, 9.17) is 11.6 Å². The number of thiophene rings is 1. The smallest absolute Gasteiger partial charge is 0.160 e. The van der Waals surface area contributed by atoms with E-state index in [1.54, 1.807) is 11.3 Å². The number of halogens is 2. The summed E-state index contributed by atoms with van der Waals surface area (Å²) in [5, 5.41) is 2.07. The predicted octanol–water partition coefficient (Wildman–Crippen LogP) is 4.35. The number of imidazole rings is 1. The molecule has 0 saturated carbocycles. The Kier molecular flexibility index (Phi) is 3.60. The van der Waals surface area contributed by atoms with Crippen molar-refractivity contribution in [3.05, 3.63) is 44.4 Å². The summed E-state index contributed by atoms with van der Waals surface area (Å²) in [7, 11) is 0. The third-order valence-corrected chi connectivity index (χ3v) is 5.06. The van der Waals surface area contributed by atoms with E-state index in [-0.39, 0.29) is 0 Å². The van der Waals surface area contributed by atoms with E-state index in [0.29, 0.717) is 5.88 Å². The lowest BCUT2D eigenvalue weighted by molar-refractivity contribution is 0.778. The molecule has 6 heteroatoms. The molecular weight excluding hydrogens is 346 g/mol. The maximum atomic E-state index is 6.00. The number of hydrogen-bond donors (Lipinski definition) is 0. The van der Waals surface area contributed by atoms with Crippen LogP contribution in [0.1, 0.15) is 16.3 Å². The lowest BCUT2D eigenvalue weighted by atomic mass is 10.3. The third kappa shape index (κ3) is 2.42. The van der Waals surface area contributed by atoms with E-state index in [0.717, 1.165) is 33.6 Å². The van der Waals surface area contributed by atoms with Gasteiger partial charge in [0.2, 0.25) is 0 Å². The summed E-state index contributed by atoms with van der Waals surface area (Å²) >= 11 is 11.3. The van der Waals surface area contributed by atoms with E-state index in [1.165, 1.54) is 4.88 Å². The van der Waals surface area contributed by atoms with Gasteiger partial charge in [0.05, 0.1) is 12.4 Å². The van der Waals surface area contributed by atoms with Crippen molar-refractivity contribution in [1.29, 1.82) is 0 Å². The van der Waals surface area contributed by atoms with Crippen LogP contribution in [0.5, 0.6) is 0 Å². The summed E-state index contributed by atoms with van der Waals surface area (Å²) in [5.41, 5.74) is 2.90. The van der Waals surface area contributed by atoms with Crippen molar-refractivity contribution < 1.29 is 0 Å². The van der Waals surface area contributed by atoms with E-state index >= 15 is 0 Å². The van der Waals surface area contributed by atoms with Gasteiger partial charge in [-0.25, -0.2) is 9.97 Å². The molecule has 3 rings (SSSR count). The second kappa shape index (κ2) is 5.23. The summed E-state index contributed by atoms with van der Waals surface area (Å²) < 4.78 is 3.20. The Hall–Kier alpha value is -0.910. The molecule has 0 unspecified atom stereocenters. The van der Waals surface area contributed by atoms with Crippen molar-refractivity contribution in [2.24, 2.45) is 0 Å². The number of alkyl halides is 1. The van der Waals surface area contributed by atoms with E-state index in [9.17, 15) is 0 Å². The first-order valence-electron chi connectivity index (χ1n) is 5.78. The van der Waals surface area contributed by atoms with Crippen LogP contribution in [0.25, 0.3) is 11.2 Å². The summed E-state index contributed by atoms with van der Waals surface area (Å²) in [6.07, 6.45) is 1.86. The number of aromatic nitrogens is 3. The Morgan fingerprint density at radius 1 is 1.47 bits per heavy atom. The second-order valence-corrected chi connectivity index (χ2v) is 6.42. The molecule has 0 radical (unpaired) electrons. The molecule has 0 atom stereocenters. The average molecular weight is 357 g/mol.